The summed E-state index contributed by atoms with van der Waals surface area (Å²) in [5.74, 6) is 1.12. The van der Waals surface area contributed by atoms with Gasteiger partial charge in [-0.25, -0.2) is 4.79 Å². The van der Waals surface area contributed by atoms with Gasteiger partial charge in [0, 0.05) is 17.5 Å². The van der Waals surface area contributed by atoms with Crippen molar-refractivity contribution in [3.63, 3.8) is 0 Å². The molecule has 1 aliphatic rings. The Hall–Kier alpha value is -2.21. The van der Waals surface area contributed by atoms with Gasteiger partial charge in [-0.1, -0.05) is 18.7 Å². The average Bonchev–Trinajstić information content (AvgIpc) is 2.92. The largest absolute Gasteiger partial charge is 0.454 e. The number of hydrogen-bond acceptors (Lipinski definition) is 5. The van der Waals surface area contributed by atoms with Gasteiger partial charge in [0.25, 0.3) is 0 Å². The van der Waals surface area contributed by atoms with Crippen LogP contribution in [0.2, 0.25) is 0 Å². The van der Waals surface area contributed by atoms with E-state index in [1.54, 1.807) is 12.1 Å². The molecule has 2 N–H and O–H groups in total. The Morgan fingerprint density at radius 3 is 2.87 bits per heavy atom. The standard InChI is InChI=1S/C17H23NO5/c1-5-11-6-7-13-15(23-10-22-13)14(11)12(19)8-9-21-16(20)18-17(2,3)4/h5-7,12,19H,1,8-10H2,2-4H3,(H,18,20). The van der Waals surface area contributed by atoms with Crippen LogP contribution in [0.1, 0.15) is 44.4 Å². The van der Waals surface area contributed by atoms with Gasteiger partial charge in [0.15, 0.2) is 11.5 Å². The second kappa shape index (κ2) is 6.91. The summed E-state index contributed by atoms with van der Waals surface area (Å²) in [5, 5.41) is 13.1. The maximum absolute atomic E-state index is 11.6. The van der Waals surface area contributed by atoms with E-state index in [1.807, 2.05) is 26.8 Å². The number of carbonyl (C=O) groups excluding carboxylic acids is 1. The molecule has 0 aromatic heterocycles. The van der Waals surface area contributed by atoms with E-state index in [1.165, 1.54) is 0 Å². The molecule has 126 valence electrons. The first-order chi connectivity index (χ1) is 10.8. The number of nitrogens with one attached hydrogen (secondary N) is 1. The number of benzene rings is 1. The van der Waals surface area contributed by atoms with E-state index >= 15 is 0 Å². The molecular formula is C17H23NO5. The zero-order chi connectivity index (χ0) is 17.0. The summed E-state index contributed by atoms with van der Waals surface area (Å²) in [5.41, 5.74) is 1.01. The fraction of sp³-hybridized carbons (Fsp3) is 0.471. The quantitative estimate of drug-likeness (QED) is 0.872. The Bertz CT molecular complexity index is 591. The minimum Gasteiger partial charge on any atom is -0.454 e. The van der Waals surface area contributed by atoms with E-state index in [9.17, 15) is 9.90 Å². The zero-order valence-corrected chi connectivity index (χ0v) is 13.7. The van der Waals surface area contributed by atoms with Crippen molar-refractivity contribution in [1.29, 1.82) is 0 Å². The summed E-state index contributed by atoms with van der Waals surface area (Å²) in [6.45, 7) is 9.55. The number of alkyl carbamates (subject to hydrolysis) is 1. The summed E-state index contributed by atoms with van der Waals surface area (Å²) in [7, 11) is 0. The Kier molecular flexibility index (Phi) is 5.15. The van der Waals surface area contributed by atoms with Crippen LogP contribution in [-0.2, 0) is 4.74 Å². The van der Waals surface area contributed by atoms with E-state index in [0.717, 1.165) is 5.56 Å². The predicted molar refractivity (Wildman–Crippen MR) is 86.5 cm³/mol. The van der Waals surface area contributed by atoms with Gasteiger partial charge in [-0.2, -0.15) is 0 Å². The molecule has 0 saturated carbocycles. The second-order valence-electron chi connectivity index (χ2n) is 6.32. The van der Waals surface area contributed by atoms with Crippen LogP contribution in [0.25, 0.3) is 6.08 Å². The van der Waals surface area contributed by atoms with Gasteiger partial charge >= 0.3 is 6.09 Å². The Labute approximate surface area is 136 Å². The molecule has 1 aliphatic heterocycles. The van der Waals surface area contributed by atoms with Crippen LogP contribution >= 0.6 is 0 Å². The highest BCUT2D eigenvalue weighted by Gasteiger charge is 2.25. The molecule has 1 aromatic rings. The maximum atomic E-state index is 11.6. The van der Waals surface area contributed by atoms with Crippen LogP contribution in [0.3, 0.4) is 0 Å². The van der Waals surface area contributed by atoms with E-state index in [-0.39, 0.29) is 25.4 Å². The molecule has 1 aromatic carbocycles. The number of aliphatic hydroxyl groups is 1. The minimum absolute atomic E-state index is 0.0875. The highest BCUT2D eigenvalue weighted by atomic mass is 16.7. The van der Waals surface area contributed by atoms with Crippen molar-refractivity contribution in [1.82, 2.24) is 5.32 Å². The molecule has 6 heteroatoms. The monoisotopic (exact) mass is 321 g/mol. The molecule has 0 bridgehead atoms. The van der Waals surface area contributed by atoms with E-state index in [0.29, 0.717) is 17.1 Å². The maximum Gasteiger partial charge on any atom is 0.407 e. The Morgan fingerprint density at radius 2 is 2.22 bits per heavy atom. The lowest BCUT2D eigenvalue weighted by molar-refractivity contribution is 0.0994. The van der Waals surface area contributed by atoms with Gasteiger partial charge in [0.1, 0.15) is 0 Å². The number of fused-ring (bicyclic) bond motifs is 1. The lowest BCUT2D eigenvalue weighted by Gasteiger charge is -2.20. The first-order valence-corrected chi connectivity index (χ1v) is 7.50. The fourth-order valence-corrected chi connectivity index (χ4v) is 2.28. The first kappa shape index (κ1) is 17.1. The first-order valence-electron chi connectivity index (χ1n) is 7.50. The average molecular weight is 321 g/mol. The molecule has 2 rings (SSSR count). The Morgan fingerprint density at radius 1 is 1.48 bits per heavy atom. The van der Waals surface area contributed by atoms with Crippen molar-refractivity contribution in [2.45, 2.75) is 38.8 Å². The number of ether oxygens (including phenoxy) is 3. The van der Waals surface area contributed by atoms with Gasteiger partial charge in [0.05, 0.1) is 12.7 Å². The lowest BCUT2D eigenvalue weighted by atomic mass is 9.98. The van der Waals surface area contributed by atoms with Crippen LogP contribution in [-0.4, -0.2) is 30.1 Å². The highest BCUT2D eigenvalue weighted by molar-refractivity contribution is 5.68. The van der Waals surface area contributed by atoms with Gasteiger partial charge in [-0.05, 0) is 32.4 Å². The van der Waals surface area contributed by atoms with Gasteiger partial charge in [-0.15, -0.1) is 0 Å². The third-order valence-electron chi connectivity index (χ3n) is 3.27. The molecule has 1 amide bonds. The third kappa shape index (κ3) is 4.39. The van der Waals surface area contributed by atoms with Crippen molar-refractivity contribution in [3.8, 4) is 11.5 Å². The highest BCUT2D eigenvalue weighted by Crippen LogP contribution is 2.41. The molecule has 1 unspecified atom stereocenters. The van der Waals surface area contributed by atoms with Crippen molar-refractivity contribution in [2.24, 2.45) is 0 Å². The van der Waals surface area contributed by atoms with Crippen LogP contribution in [0, 0.1) is 0 Å². The van der Waals surface area contributed by atoms with Crippen molar-refractivity contribution < 1.29 is 24.1 Å². The molecule has 1 heterocycles. The smallest absolute Gasteiger partial charge is 0.407 e. The van der Waals surface area contributed by atoms with E-state index < -0.39 is 12.2 Å². The number of carbonyl (C=O) groups is 1. The summed E-state index contributed by atoms with van der Waals surface area (Å²) in [6, 6.07) is 3.59. The zero-order valence-electron chi connectivity index (χ0n) is 13.7. The molecule has 6 nitrogen and oxygen atoms in total. The topological polar surface area (TPSA) is 77.0 Å². The number of amides is 1. The molecule has 0 spiro atoms. The number of hydrogen-bond donors (Lipinski definition) is 2. The predicted octanol–water partition coefficient (Wildman–Crippen LogP) is 3.01. The van der Waals surface area contributed by atoms with Gasteiger partial charge in [-0.3, -0.25) is 0 Å². The molecule has 1 atom stereocenters. The van der Waals surface area contributed by atoms with Crippen molar-refractivity contribution in [3.05, 3.63) is 29.8 Å². The SMILES string of the molecule is C=Cc1ccc2c(c1C(O)CCOC(=O)NC(C)(C)C)OCO2. The van der Waals surface area contributed by atoms with E-state index in [2.05, 4.69) is 11.9 Å². The summed E-state index contributed by atoms with van der Waals surface area (Å²) in [4.78, 5) is 11.6. The molecule has 0 radical (unpaired) electrons. The lowest BCUT2D eigenvalue weighted by Crippen LogP contribution is -2.41. The van der Waals surface area contributed by atoms with Gasteiger partial charge < -0.3 is 24.6 Å². The molecule has 0 fully saturated rings. The summed E-state index contributed by atoms with van der Waals surface area (Å²) < 4.78 is 15.9. The molecular weight excluding hydrogens is 298 g/mol. The second-order valence-corrected chi connectivity index (χ2v) is 6.32. The summed E-state index contributed by atoms with van der Waals surface area (Å²) in [6.07, 6.45) is 0.542. The molecule has 0 aliphatic carbocycles. The number of aliphatic hydroxyl groups excluding tert-OH is 1. The van der Waals surface area contributed by atoms with Crippen molar-refractivity contribution in [2.75, 3.05) is 13.4 Å². The number of rotatable bonds is 5. The van der Waals surface area contributed by atoms with E-state index in [4.69, 9.17) is 14.2 Å². The van der Waals surface area contributed by atoms with Gasteiger partial charge in [0.2, 0.25) is 6.79 Å². The summed E-state index contributed by atoms with van der Waals surface area (Å²) >= 11 is 0. The Balaban J connectivity index is 1.99. The van der Waals surface area contributed by atoms with Crippen LogP contribution in [0.15, 0.2) is 18.7 Å². The third-order valence-corrected chi connectivity index (χ3v) is 3.27. The molecule has 23 heavy (non-hydrogen) atoms. The normalized spacial score (nSPS) is 14.3. The fourth-order valence-electron chi connectivity index (χ4n) is 2.28. The van der Waals surface area contributed by atoms with Crippen molar-refractivity contribution >= 4 is 12.2 Å². The van der Waals surface area contributed by atoms with Crippen LogP contribution in [0.4, 0.5) is 4.79 Å². The minimum atomic E-state index is -0.845. The molecule has 0 saturated heterocycles. The van der Waals surface area contributed by atoms with Crippen LogP contribution in [0.5, 0.6) is 11.5 Å². The van der Waals surface area contributed by atoms with Crippen LogP contribution < -0.4 is 14.8 Å².